The number of benzene rings is 1. The number of hydrogen-bond donors (Lipinski definition) is 1. The van der Waals surface area contributed by atoms with Crippen molar-refractivity contribution < 1.29 is 4.74 Å². The van der Waals surface area contributed by atoms with Crippen LogP contribution in [-0.2, 0) is 0 Å². The zero-order chi connectivity index (χ0) is 15.4. The van der Waals surface area contributed by atoms with Crippen molar-refractivity contribution in [2.45, 2.75) is 12.5 Å². The molecule has 1 fully saturated rings. The van der Waals surface area contributed by atoms with Crippen LogP contribution in [0.15, 0.2) is 42.7 Å². The molecule has 0 bridgehead atoms. The standard InChI is InChI=1S/C17H22N4O/c1-21-11-8-14(12-20-17-18-9-3-10-19-17)16(21)13-4-6-15(22-2)7-5-13/h3-7,9-10,14,16H,8,11-12H2,1-2H3,(H,18,19,20)/t14-,16+/m0/s1. The monoisotopic (exact) mass is 298 g/mol. The molecular weight excluding hydrogens is 276 g/mol. The molecule has 5 nitrogen and oxygen atoms in total. The average molecular weight is 298 g/mol. The van der Waals surface area contributed by atoms with Crippen molar-refractivity contribution >= 4 is 5.95 Å². The number of ether oxygens (including phenoxy) is 1. The van der Waals surface area contributed by atoms with Gasteiger partial charge in [0.2, 0.25) is 5.95 Å². The van der Waals surface area contributed by atoms with Crippen LogP contribution in [0.2, 0.25) is 0 Å². The molecule has 2 heterocycles. The number of rotatable bonds is 5. The highest BCUT2D eigenvalue weighted by Gasteiger charge is 2.32. The first-order chi connectivity index (χ1) is 10.8. The second kappa shape index (κ2) is 6.75. The van der Waals surface area contributed by atoms with E-state index in [-0.39, 0.29) is 0 Å². The minimum absolute atomic E-state index is 0.419. The van der Waals surface area contributed by atoms with Crippen molar-refractivity contribution in [3.63, 3.8) is 0 Å². The van der Waals surface area contributed by atoms with E-state index in [0.717, 1.165) is 18.8 Å². The third-order valence-corrected chi connectivity index (χ3v) is 4.32. The number of nitrogens with one attached hydrogen (secondary N) is 1. The first-order valence-electron chi connectivity index (χ1n) is 7.63. The largest absolute Gasteiger partial charge is 0.497 e. The fraction of sp³-hybridized carbons (Fsp3) is 0.412. The molecule has 0 aliphatic carbocycles. The van der Waals surface area contributed by atoms with Gasteiger partial charge in [0.05, 0.1) is 7.11 Å². The summed E-state index contributed by atoms with van der Waals surface area (Å²) in [5, 5.41) is 3.36. The van der Waals surface area contributed by atoms with Crippen molar-refractivity contribution in [2.24, 2.45) is 5.92 Å². The third-order valence-electron chi connectivity index (χ3n) is 4.32. The van der Waals surface area contributed by atoms with Gasteiger partial charge in [0, 0.05) is 25.0 Å². The SMILES string of the molecule is COc1ccc([C@@H]2[C@H](CNc3ncccn3)CCN2C)cc1. The van der Waals surface area contributed by atoms with Gasteiger partial charge in [0.25, 0.3) is 0 Å². The van der Waals surface area contributed by atoms with Crippen molar-refractivity contribution in [3.05, 3.63) is 48.3 Å². The van der Waals surface area contributed by atoms with Crippen LogP contribution in [0.25, 0.3) is 0 Å². The van der Waals surface area contributed by atoms with Crippen LogP contribution in [-0.4, -0.2) is 42.1 Å². The van der Waals surface area contributed by atoms with Gasteiger partial charge >= 0.3 is 0 Å². The Hall–Kier alpha value is -2.14. The summed E-state index contributed by atoms with van der Waals surface area (Å²) >= 11 is 0. The van der Waals surface area contributed by atoms with Crippen molar-refractivity contribution in [1.29, 1.82) is 0 Å². The molecule has 1 N–H and O–H groups in total. The fourth-order valence-electron chi connectivity index (χ4n) is 3.18. The molecule has 5 heteroatoms. The van der Waals surface area contributed by atoms with Gasteiger partial charge in [-0.3, -0.25) is 4.90 Å². The van der Waals surface area contributed by atoms with Gasteiger partial charge in [-0.2, -0.15) is 0 Å². The van der Waals surface area contributed by atoms with Gasteiger partial charge in [-0.1, -0.05) is 12.1 Å². The Kier molecular flexibility index (Phi) is 4.53. The summed E-state index contributed by atoms with van der Waals surface area (Å²) in [4.78, 5) is 10.9. The van der Waals surface area contributed by atoms with Crippen molar-refractivity contribution in [1.82, 2.24) is 14.9 Å². The molecule has 1 aliphatic heterocycles. The molecule has 0 unspecified atom stereocenters. The molecule has 3 rings (SSSR count). The second-order valence-electron chi connectivity index (χ2n) is 5.70. The Bertz CT molecular complexity index is 587. The van der Waals surface area contributed by atoms with E-state index < -0.39 is 0 Å². The predicted octanol–water partition coefficient (Wildman–Crippen LogP) is 2.59. The number of anilines is 1. The molecule has 1 aromatic carbocycles. The quantitative estimate of drug-likeness (QED) is 0.919. The lowest BCUT2D eigenvalue weighted by Crippen LogP contribution is -2.25. The van der Waals surface area contributed by atoms with E-state index >= 15 is 0 Å². The molecule has 22 heavy (non-hydrogen) atoms. The van der Waals surface area contributed by atoms with Gasteiger partial charge in [0.1, 0.15) is 5.75 Å². The summed E-state index contributed by atoms with van der Waals surface area (Å²) in [6, 6.07) is 10.6. The summed E-state index contributed by atoms with van der Waals surface area (Å²) in [7, 11) is 3.89. The van der Waals surface area contributed by atoms with Crippen LogP contribution >= 0.6 is 0 Å². The lowest BCUT2D eigenvalue weighted by Gasteiger charge is -2.26. The second-order valence-corrected chi connectivity index (χ2v) is 5.70. The van der Waals surface area contributed by atoms with Crippen LogP contribution < -0.4 is 10.1 Å². The molecule has 0 spiro atoms. The van der Waals surface area contributed by atoms with E-state index in [1.807, 2.05) is 18.2 Å². The van der Waals surface area contributed by atoms with Gasteiger partial charge < -0.3 is 10.1 Å². The van der Waals surface area contributed by atoms with Crippen molar-refractivity contribution in [3.8, 4) is 5.75 Å². The van der Waals surface area contributed by atoms with E-state index in [9.17, 15) is 0 Å². The maximum absolute atomic E-state index is 5.25. The molecule has 1 aromatic heterocycles. The Morgan fingerprint density at radius 1 is 1.23 bits per heavy atom. The summed E-state index contributed by atoms with van der Waals surface area (Å²) in [5.74, 6) is 2.14. The Labute approximate surface area is 131 Å². The Balaban J connectivity index is 1.70. The maximum Gasteiger partial charge on any atom is 0.222 e. The summed E-state index contributed by atoms with van der Waals surface area (Å²) in [6.45, 7) is 1.99. The molecule has 0 radical (unpaired) electrons. The van der Waals surface area contributed by atoms with Gasteiger partial charge in [-0.15, -0.1) is 0 Å². The lowest BCUT2D eigenvalue weighted by molar-refractivity contribution is 0.281. The molecule has 0 saturated carbocycles. The van der Waals surface area contributed by atoms with Gasteiger partial charge in [-0.25, -0.2) is 9.97 Å². The fourth-order valence-corrected chi connectivity index (χ4v) is 3.18. The number of aromatic nitrogens is 2. The van der Waals surface area contributed by atoms with E-state index in [1.54, 1.807) is 19.5 Å². The zero-order valence-corrected chi connectivity index (χ0v) is 13.1. The molecule has 1 saturated heterocycles. The molecule has 116 valence electrons. The van der Waals surface area contributed by atoms with Crippen LogP contribution in [0.4, 0.5) is 5.95 Å². The van der Waals surface area contributed by atoms with Crippen LogP contribution in [0.1, 0.15) is 18.0 Å². The topological polar surface area (TPSA) is 50.3 Å². The van der Waals surface area contributed by atoms with E-state index in [0.29, 0.717) is 17.9 Å². The summed E-state index contributed by atoms with van der Waals surface area (Å²) < 4.78 is 5.25. The molecule has 2 aromatic rings. The van der Waals surface area contributed by atoms with Gasteiger partial charge in [-0.05, 0) is 49.7 Å². The van der Waals surface area contributed by atoms with E-state index in [1.165, 1.54) is 12.0 Å². The molecule has 0 amide bonds. The number of nitrogens with zero attached hydrogens (tertiary/aromatic N) is 3. The van der Waals surface area contributed by atoms with E-state index in [2.05, 4.69) is 39.4 Å². The molecular formula is C17H22N4O. The highest BCUT2D eigenvalue weighted by Crippen LogP contribution is 2.36. The highest BCUT2D eigenvalue weighted by atomic mass is 16.5. The van der Waals surface area contributed by atoms with Gasteiger partial charge in [0.15, 0.2) is 0 Å². The van der Waals surface area contributed by atoms with Crippen LogP contribution in [0.5, 0.6) is 5.75 Å². The van der Waals surface area contributed by atoms with Crippen LogP contribution in [0.3, 0.4) is 0 Å². The zero-order valence-electron chi connectivity index (χ0n) is 13.1. The Morgan fingerprint density at radius 3 is 2.64 bits per heavy atom. The number of likely N-dealkylation sites (tertiary alicyclic amines) is 1. The highest BCUT2D eigenvalue weighted by molar-refractivity contribution is 5.31. The lowest BCUT2D eigenvalue weighted by atomic mass is 9.93. The maximum atomic E-state index is 5.25. The molecule has 1 aliphatic rings. The minimum Gasteiger partial charge on any atom is -0.497 e. The normalized spacial score (nSPS) is 21.7. The average Bonchev–Trinajstić information content (AvgIpc) is 2.95. The molecule has 2 atom stereocenters. The number of hydrogen-bond acceptors (Lipinski definition) is 5. The smallest absolute Gasteiger partial charge is 0.222 e. The van der Waals surface area contributed by atoms with Crippen molar-refractivity contribution in [2.75, 3.05) is 32.6 Å². The summed E-state index contributed by atoms with van der Waals surface area (Å²) in [5.41, 5.74) is 1.33. The predicted molar refractivity (Wildman–Crippen MR) is 87.0 cm³/mol. The first kappa shape index (κ1) is 14.8. The Morgan fingerprint density at radius 2 is 1.95 bits per heavy atom. The number of methoxy groups -OCH3 is 1. The minimum atomic E-state index is 0.419. The van der Waals surface area contributed by atoms with E-state index in [4.69, 9.17) is 4.74 Å². The summed E-state index contributed by atoms with van der Waals surface area (Å²) in [6.07, 6.45) is 4.70. The first-order valence-corrected chi connectivity index (χ1v) is 7.63. The van der Waals surface area contributed by atoms with Crippen LogP contribution in [0, 0.1) is 5.92 Å². The third kappa shape index (κ3) is 3.20.